The third-order valence-electron chi connectivity index (χ3n) is 2.28. The first-order valence-corrected chi connectivity index (χ1v) is 4.89. The zero-order chi connectivity index (χ0) is 11.3. The van der Waals surface area contributed by atoms with E-state index in [-0.39, 0.29) is 18.2 Å². The highest BCUT2D eigenvalue weighted by molar-refractivity contribution is 5.79. The molecule has 0 fully saturated rings. The number of carbonyl (C=O) groups excluding carboxylic acids is 1. The van der Waals surface area contributed by atoms with Gasteiger partial charge >= 0.3 is 0 Å². The predicted molar refractivity (Wildman–Crippen MR) is 56.3 cm³/mol. The summed E-state index contributed by atoms with van der Waals surface area (Å²) in [6.07, 6.45) is 1.09. The Morgan fingerprint density at radius 2 is 2.20 bits per heavy atom. The van der Waals surface area contributed by atoms with Gasteiger partial charge in [-0.2, -0.15) is 0 Å². The third-order valence-corrected chi connectivity index (χ3v) is 2.28. The molecular weight excluding hydrogens is 195 g/mol. The highest BCUT2D eigenvalue weighted by atomic mass is 19.1. The van der Waals surface area contributed by atoms with Gasteiger partial charge in [-0.15, -0.1) is 0 Å². The normalized spacial score (nSPS) is 10.3. The van der Waals surface area contributed by atoms with E-state index in [2.05, 4.69) is 0 Å². The van der Waals surface area contributed by atoms with Crippen molar-refractivity contribution in [3.63, 3.8) is 0 Å². The minimum absolute atomic E-state index is 0.0706. The van der Waals surface area contributed by atoms with Crippen LogP contribution in [-0.2, 0) is 16.0 Å². The fourth-order valence-electron chi connectivity index (χ4n) is 1.45. The van der Waals surface area contributed by atoms with Gasteiger partial charge in [0.2, 0.25) is 0 Å². The van der Waals surface area contributed by atoms with E-state index in [1.807, 2.05) is 6.92 Å². The molecule has 15 heavy (non-hydrogen) atoms. The average molecular weight is 210 g/mol. The van der Waals surface area contributed by atoms with Crippen LogP contribution >= 0.6 is 0 Å². The molecule has 0 aliphatic heterocycles. The van der Waals surface area contributed by atoms with E-state index < -0.39 is 0 Å². The van der Waals surface area contributed by atoms with Crippen molar-refractivity contribution in [2.24, 2.45) is 0 Å². The van der Waals surface area contributed by atoms with E-state index >= 15 is 0 Å². The lowest BCUT2D eigenvalue weighted by molar-refractivity contribution is -0.122. The van der Waals surface area contributed by atoms with Crippen LogP contribution in [0.15, 0.2) is 18.2 Å². The monoisotopic (exact) mass is 210 g/mol. The number of benzene rings is 1. The number of rotatable bonds is 5. The second-order valence-corrected chi connectivity index (χ2v) is 3.54. The summed E-state index contributed by atoms with van der Waals surface area (Å²) < 4.78 is 17.5. The number of carbonyl (C=O) groups is 1. The Morgan fingerprint density at radius 1 is 1.47 bits per heavy atom. The molecule has 0 atom stereocenters. The number of aryl methyl sites for hydroxylation is 2. The molecule has 0 spiro atoms. The van der Waals surface area contributed by atoms with Gasteiger partial charge in [-0.1, -0.05) is 6.07 Å². The summed E-state index contributed by atoms with van der Waals surface area (Å²) in [5.41, 5.74) is 1.90. The molecule has 3 heteroatoms. The van der Waals surface area contributed by atoms with Gasteiger partial charge in [0.25, 0.3) is 0 Å². The summed E-state index contributed by atoms with van der Waals surface area (Å²) in [4.78, 5) is 11.2. The van der Waals surface area contributed by atoms with Gasteiger partial charge in [0.1, 0.15) is 12.4 Å². The average Bonchev–Trinajstić information content (AvgIpc) is 2.17. The summed E-state index contributed by atoms with van der Waals surface area (Å²) in [5.74, 6) is -0.166. The molecular formula is C12H15FO2. The van der Waals surface area contributed by atoms with Crippen LogP contribution in [0.2, 0.25) is 0 Å². The number of halogens is 1. The highest BCUT2D eigenvalue weighted by Gasteiger charge is 2.04. The molecule has 0 N–H and O–H groups in total. The molecule has 0 saturated heterocycles. The number of ether oxygens (including phenoxy) is 1. The van der Waals surface area contributed by atoms with Crippen LogP contribution < -0.4 is 0 Å². The first-order valence-electron chi connectivity index (χ1n) is 4.89. The summed E-state index contributed by atoms with van der Waals surface area (Å²) in [5, 5.41) is 0. The number of ketones is 1. The van der Waals surface area contributed by atoms with Crippen LogP contribution in [0, 0.1) is 12.7 Å². The predicted octanol–water partition coefficient (Wildman–Crippen LogP) is 2.28. The molecule has 82 valence electrons. The Morgan fingerprint density at radius 3 is 2.80 bits per heavy atom. The van der Waals surface area contributed by atoms with Crippen molar-refractivity contribution in [2.75, 3.05) is 13.7 Å². The maximum atomic E-state index is 12.8. The first-order chi connectivity index (χ1) is 7.13. The molecule has 0 aromatic heterocycles. The first kappa shape index (κ1) is 11.9. The van der Waals surface area contributed by atoms with E-state index in [1.54, 1.807) is 6.07 Å². The van der Waals surface area contributed by atoms with Gasteiger partial charge in [-0.3, -0.25) is 4.79 Å². The SMILES string of the molecule is COCC(=O)CCc1ccc(F)cc1C. The zero-order valence-electron chi connectivity index (χ0n) is 9.05. The smallest absolute Gasteiger partial charge is 0.158 e. The van der Waals surface area contributed by atoms with Crippen molar-refractivity contribution in [3.05, 3.63) is 35.1 Å². The molecule has 0 bridgehead atoms. The van der Waals surface area contributed by atoms with Gasteiger partial charge in [0, 0.05) is 13.5 Å². The molecule has 0 amide bonds. The minimum atomic E-state index is -0.237. The fraction of sp³-hybridized carbons (Fsp3) is 0.417. The van der Waals surface area contributed by atoms with Gasteiger partial charge < -0.3 is 4.74 Å². The summed E-state index contributed by atoms with van der Waals surface area (Å²) >= 11 is 0. The van der Waals surface area contributed by atoms with Crippen molar-refractivity contribution in [1.29, 1.82) is 0 Å². The second kappa shape index (κ2) is 5.61. The Labute approximate surface area is 89.1 Å². The topological polar surface area (TPSA) is 26.3 Å². The molecule has 0 radical (unpaired) electrons. The lowest BCUT2D eigenvalue weighted by Gasteiger charge is -2.04. The molecule has 0 unspecified atom stereocenters. The highest BCUT2D eigenvalue weighted by Crippen LogP contribution is 2.12. The molecule has 1 rings (SSSR count). The van der Waals surface area contributed by atoms with Crippen molar-refractivity contribution in [2.45, 2.75) is 19.8 Å². The summed E-state index contributed by atoms with van der Waals surface area (Å²) in [6, 6.07) is 4.63. The lowest BCUT2D eigenvalue weighted by Crippen LogP contribution is -2.07. The van der Waals surface area contributed by atoms with Crippen molar-refractivity contribution < 1.29 is 13.9 Å². The van der Waals surface area contributed by atoms with E-state index in [4.69, 9.17) is 4.74 Å². The molecule has 0 aliphatic rings. The summed E-state index contributed by atoms with van der Waals surface area (Å²) in [7, 11) is 1.50. The van der Waals surface area contributed by atoms with Crippen LogP contribution in [0.25, 0.3) is 0 Å². The minimum Gasteiger partial charge on any atom is -0.377 e. The van der Waals surface area contributed by atoms with Gasteiger partial charge in [-0.05, 0) is 36.6 Å². The van der Waals surface area contributed by atoms with Gasteiger partial charge in [0.05, 0.1) is 0 Å². The Kier molecular flexibility index (Phi) is 4.43. The van der Waals surface area contributed by atoms with Crippen molar-refractivity contribution in [1.82, 2.24) is 0 Å². The van der Waals surface area contributed by atoms with E-state index in [0.29, 0.717) is 12.8 Å². The number of hydrogen-bond acceptors (Lipinski definition) is 2. The number of methoxy groups -OCH3 is 1. The number of Topliss-reactive ketones (excluding diaryl/α,β-unsaturated/α-hetero) is 1. The summed E-state index contributed by atoms with van der Waals surface area (Å²) in [6.45, 7) is 2.00. The molecule has 0 aliphatic carbocycles. The maximum Gasteiger partial charge on any atom is 0.158 e. The van der Waals surface area contributed by atoms with Crippen molar-refractivity contribution >= 4 is 5.78 Å². The van der Waals surface area contributed by atoms with Crippen LogP contribution in [0.3, 0.4) is 0 Å². The second-order valence-electron chi connectivity index (χ2n) is 3.54. The van der Waals surface area contributed by atoms with Gasteiger partial charge in [-0.25, -0.2) is 4.39 Å². The Balaban J connectivity index is 2.54. The van der Waals surface area contributed by atoms with Crippen LogP contribution in [-0.4, -0.2) is 19.5 Å². The lowest BCUT2D eigenvalue weighted by atomic mass is 10.0. The molecule has 0 heterocycles. The third kappa shape index (κ3) is 3.80. The van der Waals surface area contributed by atoms with Crippen LogP contribution in [0.4, 0.5) is 4.39 Å². The van der Waals surface area contributed by atoms with Crippen LogP contribution in [0.5, 0.6) is 0 Å². The maximum absolute atomic E-state index is 12.8. The zero-order valence-corrected chi connectivity index (χ0v) is 9.05. The van der Waals surface area contributed by atoms with Crippen LogP contribution in [0.1, 0.15) is 17.5 Å². The quantitative estimate of drug-likeness (QED) is 0.745. The largest absolute Gasteiger partial charge is 0.377 e. The number of hydrogen-bond donors (Lipinski definition) is 0. The molecule has 1 aromatic carbocycles. The van der Waals surface area contributed by atoms with E-state index in [1.165, 1.54) is 19.2 Å². The molecule has 1 aromatic rings. The molecule has 2 nitrogen and oxygen atoms in total. The Bertz CT molecular complexity index is 347. The van der Waals surface area contributed by atoms with Crippen molar-refractivity contribution in [3.8, 4) is 0 Å². The van der Waals surface area contributed by atoms with Gasteiger partial charge in [0.15, 0.2) is 5.78 Å². The van der Waals surface area contributed by atoms with E-state index in [9.17, 15) is 9.18 Å². The fourth-order valence-corrected chi connectivity index (χ4v) is 1.45. The van der Waals surface area contributed by atoms with E-state index in [0.717, 1.165) is 11.1 Å². The molecule has 0 saturated carbocycles. The Hall–Kier alpha value is -1.22. The standard InChI is InChI=1S/C12H15FO2/c1-9-7-11(13)5-3-10(9)4-6-12(14)8-15-2/h3,5,7H,4,6,8H2,1-2H3.